The Balaban J connectivity index is 1.55. The molecule has 31 heavy (non-hydrogen) atoms. The third-order valence-corrected chi connectivity index (χ3v) is 7.00. The minimum absolute atomic E-state index is 0.303. The van der Waals surface area contributed by atoms with Gasteiger partial charge in [-0.05, 0) is 65.5 Å². The normalized spacial score (nSPS) is 12.3. The van der Waals surface area contributed by atoms with E-state index in [1.807, 2.05) is 6.07 Å². The number of aryl methyl sites for hydroxylation is 1. The molecule has 0 aliphatic heterocycles. The van der Waals surface area contributed by atoms with E-state index in [2.05, 4.69) is 51.1 Å². The van der Waals surface area contributed by atoms with Crippen molar-refractivity contribution in [2.24, 2.45) is 5.92 Å². The quantitative estimate of drug-likeness (QED) is 0.188. The van der Waals surface area contributed by atoms with Crippen LogP contribution in [0.5, 0.6) is 0 Å². The fourth-order valence-electron chi connectivity index (χ4n) is 5.28. The average Bonchev–Trinajstić information content (AvgIpc) is 3.14. The van der Waals surface area contributed by atoms with E-state index >= 15 is 0 Å². The van der Waals surface area contributed by atoms with E-state index in [4.69, 9.17) is 0 Å². The summed E-state index contributed by atoms with van der Waals surface area (Å²) in [4.78, 5) is 12.5. The maximum Gasteiger partial charge on any atom is 0.162 e. The second kappa shape index (κ2) is 12.2. The Kier molecular flexibility index (Phi) is 9.37. The molecule has 0 saturated carbocycles. The van der Waals surface area contributed by atoms with Crippen LogP contribution in [0, 0.1) is 5.92 Å². The van der Waals surface area contributed by atoms with Gasteiger partial charge in [0.25, 0.3) is 0 Å². The van der Waals surface area contributed by atoms with E-state index in [0.717, 1.165) is 37.2 Å². The summed E-state index contributed by atoms with van der Waals surface area (Å²) in [5.74, 6) is 1.24. The average molecular weight is 419 g/mol. The second-order valence-electron chi connectivity index (χ2n) is 9.61. The lowest BCUT2D eigenvalue weighted by Gasteiger charge is -2.14. The van der Waals surface area contributed by atoms with Crippen molar-refractivity contribution in [3.05, 3.63) is 58.7 Å². The van der Waals surface area contributed by atoms with E-state index in [0.29, 0.717) is 12.2 Å². The van der Waals surface area contributed by atoms with Crippen LogP contribution < -0.4 is 0 Å². The zero-order valence-electron chi connectivity index (χ0n) is 20.1. The number of ketones is 1. The van der Waals surface area contributed by atoms with Gasteiger partial charge in [-0.25, -0.2) is 0 Å². The van der Waals surface area contributed by atoms with Gasteiger partial charge in [0, 0.05) is 12.0 Å². The van der Waals surface area contributed by atoms with Crippen molar-refractivity contribution in [1.82, 2.24) is 0 Å². The Hall–Kier alpha value is -1.89. The molecule has 2 aromatic carbocycles. The van der Waals surface area contributed by atoms with Crippen molar-refractivity contribution in [3.63, 3.8) is 0 Å². The first kappa shape index (κ1) is 23.8. The van der Waals surface area contributed by atoms with Crippen LogP contribution in [0.1, 0.15) is 118 Å². The molecule has 0 saturated heterocycles. The van der Waals surface area contributed by atoms with Crippen LogP contribution in [0.15, 0.2) is 36.4 Å². The molecule has 1 aliphatic rings. The summed E-state index contributed by atoms with van der Waals surface area (Å²) < 4.78 is 0. The predicted octanol–water partition coefficient (Wildman–Crippen LogP) is 8.95. The van der Waals surface area contributed by atoms with Crippen LogP contribution >= 0.6 is 0 Å². The van der Waals surface area contributed by atoms with E-state index in [1.165, 1.54) is 79.2 Å². The van der Waals surface area contributed by atoms with Gasteiger partial charge in [-0.3, -0.25) is 4.79 Å². The Morgan fingerprint density at radius 1 is 0.774 bits per heavy atom. The van der Waals surface area contributed by atoms with Gasteiger partial charge in [0.2, 0.25) is 0 Å². The molecule has 0 radical (unpaired) electrons. The lowest BCUT2D eigenvalue weighted by Crippen LogP contribution is -2.00. The molecule has 0 spiro atoms. The lowest BCUT2D eigenvalue weighted by atomic mass is 9.91. The summed E-state index contributed by atoms with van der Waals surface area (Å²) >= 11 is 0. The molecule has 0 atom stereocenters. The molecule has 1 aliphatic carbocycles. The third kappa shape index (κ3) is 6.55. The van der Waals surface area contributed by atoms with Crippen molar-refractivity contribution in [2.45, 2.75) is 104 Å². The standard InChI is InChI=1S/C30H42O/c1-4-7-8-15-30(31)25-17-19-29-27(21-25)22-26-20-24(16-18-28(26)29)14-10-9-13-23(11-5-2)12-6-3/h16-21,23H,4-15,22H2,1-3H3. The van der Waals surface area contributed by atoms with Crippen molar-refractivity contribution in [2.75, 3.05) is 0 Å². The van der Waals surface area contributed by atoms with Crippen molar-refractivity contribution in [1.29, 1.82) is 0 Å². The molecule has 0 fully saturated rings. The van der Waals surface area contributed by atoms with Gasteiger partial charge in [0.05, 0.1) is 0 Å². The number of unbranched alkanes of at least 4 members (excludes halogenated alkanes) is 3. The number of rotatable bonds is 14. The summed E-state index contributed by atoms with van der Waals surface area (Å²) in [5.41, 5.74) is 7.85. The molecule has 3 rings (SSSR count). The molecular weight excluding hydrogens is 376 g/mol. The summed E-state index contributed by atoms with van der Waals surface area (Å²) in [5, 5.41) is 0. The van der Waals surface area contributed by atoms with Gasteiger partial charge in [-0.15, -0.1) is 0 Å². The highest BCUT2D eigenvalue weighted by Crippen LogP contribution is 2.38. The first-order chi connectivity index (χ1) is 15.2. The monoisotopic (exact) mass is 418 g/mol. The number of Topliss-reactive ketones (excluding diaryl/α,β-unsaturated/α-hetero) is 1. The molecule has 1 heteroatoms. The fourth-order valence-corrected chi connectivity index (χ4v) is 5.28. The Morgan fingerprint density at radius 2 is 1.48 bits per heavy atom. The van der Waals surface area contributed by atoms with Crippen LogP contribution in [0.3, 0.4) is 0 Å². The van der Waals surface area contributed by atoms with Crippen molar-refractivity contribution < 1.29 is 4.79 Å². The van der Waals surface area contributed by atoms with E-state index < -0.39 is 0 Å². The van der Waals surface area contributed by atoms with E-state index in [1.54, 1.807) is 0 Å². The molecule has 0 unspecified atom stereocenters. The summed E-state index contributed by atoms with van der Waals surface area (Å²) in [6.07, 6.45) is 15.6. The van der Waals surface area contributed by atoms with Crippen LogP contribution in [-0.4, -0.2) is 5.78 Å². The topological polar surface area (TPSA) is 17.1 Å². The summed E-state index contributed by atoms with van der Waals surface area (Å²) in [6, 6.07) is 13.4. The molecule has 2 aromatic rings. The maximum atomic E-state index is 12.5. The number of benzene rings is 2. The maximum absolute atomic E-state index is 12.5. The zero-order chi connectivity index (χ0) is 22.1. The molecule has 0 bridgehead atoms. The lowest BCUT2D eigenvalue weighted by molar-refractivity contribution is 0.0979. The first-order valence-electron chi connectivity index (χ1n) is 12.9. The van der Waals surface area contributed by atoms with Crippen LogP contribution in [0.4, 0.5) is 0 Å². The SMILES string of the molecule is CCCCCC(=O)c1ccc2c(c1)Cc1cc(CCCCC(CCC)CCC)ccc1-2. The van der Waals surface area contributed by atoms with Gasteiger partial charge < -0.3 is 0 Å². The predicted molar refractivity (Wildman–Crippen MR) is 134 cm³/mol. The molecule has 0 aromatic heterocycles. The summed E-state index contributed by atoms with van der Waals surface area (Å²) in [6.45, 7) is 6.81. The Bertz CT molecular complexity index is 841. The summed E-state index contributed by atoms with van der Waals surface area (Å²) in [7, 11) is 0. The first-order valence-corrected chi connectivity index (χ1v) is 12.9. The highest BCUT2D eigenvalue weighted by atomic mass is 16.1. The smallest absolute Gasteiger partial charge is 0.162 e. The minimum atomic E-state index is 0.303. The van der Waals surface area contributed by atoms with Gasteiger partial charge in [0.15, 0.2) is 5.78 Å². The van der Waals surface area contributed by atoms with Gasteiger partial charge in [-0.1, -0.05) is 102 Å². The minimum Gasteiger partial charge on any atom is -0.294 e. The second-order valence-corrected chi connectivity index (χ2v) is 9.61. The molecule has 0 heterocycles. The van der Waals surface area contributed by atoms with Gasteiger partial charge in [0.1, 0.15) is 0 Å². The number of fused-ring (bicyclic) bond motifs is 3. The number of carbonyl (C=O) groups excluding carboxylic acids is 1. The van der Waals surface area contributed by atoms with Crippen LogP contribution in [0.25, 0.3) is 11.1 Å². The van der Waals surface area contributed by atoms with Crippen molar-refractivity contribution in [3.8, 4) is 11.1 Å². The highest BCUT2D eigenvalue weighted by Gasteiger charge is 2.20. The van der Waals surface area contributed by atoms with Gasteiger partial charge >= 0.3 is 0 Å². The van der Waals surface area contributed by atoms with Crippen molar-refractivity contribution >= 4 is 5.78 Å². The number of hydrogen-bond donors (Lipinski definition) is 0. The van der Waals surface area contributed by atoms with Crippen LogP contribution in [-0.2, 0) is 12.8 Å². The number of carbonyl (C=O) groups is 1. The van der Waals surface area contributed by atoms with E-state index in [-0.39, 0.29) is 0 Å². The van der Waals surface area contributed by atoms with Gasteiger partial charge in [-0.2, -0.15) is 0 Å². The number of hydrogen-bond acceptors (Lipinski definition) is 1. The largest absolute Gasteiger partial charge is 0.294 e. The molecule has 0 amide bonds. The zero-order valence-corrected chi connectivity index (χ0v) is 20.1. The molecule has 168 valence electrons. The molecule has 1 nitrogen and oxygen atoms in total. The third-order valence-electron chi connectivity index (χ3n) is 7.00. The highest BCUT2D eigenvalue weighted by molar-refractivity contribution is 5.97. The van der Waals surface area contributed by atoms with Crippen LogP contribution in [0.2, 0.25) is 0 Å². The fraction of sp³-hybridized carbons (Fsp3) is 0.567. The Labute approximate surface area is 190 Å². The molecule has 0 N–H and O–H groups in total. The van der Waals surface area contributed by atoms with E-state index in [9.17, 15) is 4.79 Å². The molecular formula is C30H42O. The Morgan fingerprint density at radius 3 is 2.19 bits per heavy atom.